The number of nitrogens with two attached hydrogens (primary N) is 1. The quantitative estimate of drug-likeness (QED) is 0.367. The monoisotopic (exact) mass is 274 g/mol. The lowest BCUT2D eigenvalue weighted by atomic mass is 10.2. The van der Waals surface area contributed by atoms with Crippen LogP contribution in [0.15, 0.2) is 41.7 Å². The van der Waals surface area contributed by atoms with Gasteiger partial charge < -0.3 is 20.4 Å². The van der Waals surface area contributed by atoms with Gasteiger partial charge in [0.15, 0.2) is 5.84 Å². The van der Waals surface area contributed by atoms with Crippen molar-refractivity contribution in [3.8, 4) is 11.6 Å². The number of nitrogens with zero attached hydrogens (tertiary/aromatic N) is 3. The minimum absolute atomic E-state index is 0.0790. The molecule has 1 aromatic carbocycles. The van der Waals surface area contributed by atoms with E-state index in [9.17, 15) is 0 Å². The molecule has 0 aliphatic rings. The lowest BCUT2D eigenvalue weighted by Gasteiger charge is -2.08. The van der Waals surface area contributed by atoms with E-state index in [2.05, 4.69) is 15.4 Å². The van der Waals surface area contributed by atoms with E-state index < -0.39 is 0 Å². The van der Waals surface area contributed by atoms with E-state index in [0.29, 0.717) is 5.56 Å². The highest BCUT2D eigenvalue weighted by molar-refractivity contribution is 5.98. The van der Waals surface area contributed by atoms with Crippen LogP contribution in [0, 0.1) is 0 Å². The summed E-state index contributed by atoms with van der Waals surface area (Å²) in [5.41, 5.74) is 6.86. The van der Waals surface area contributed by atoms with E-state index in [1.807, 2.05) is 24.3 Å². The van der Waals surface area contributed by atoms with Gasteiger partial charge in [0.25, 0.3) is 0 Å². The molecule has 0 spiro atoms. The summed E-state index contributed by atoms with van der Waals surface area (Å²) >= 11 is 0. The lowest BCUT2D eigenvalue weighted by molar-refractivity contribution is 0.288. The highest BCUT2D eigenvalue weighted by Gasteiger charge is 2.10. The molecule has 0 aliphatic carbocycles. The summed E-state index contributed by atoms with van der Waals surface area (Å²) < 4.78 is 10.6. The Morgan fingerprint density at radius 3 is 2.70 bits per heavy atom. The Labute approximate surface area is 115 Å². The summed E-state index contributed by atoms with van der Waals surface area (Å²) in [6, 6.07) is 8.97. The van der Waals surface area contributed by atoms with Crippen molar-refractivity contribution in [2.24, 2.45) is 10.9 Å². The van der Waals surface area contributed by atoms with Crippen LogP contribution in [0.4, 0.5) is 0 Å². The van der Waals surface area contributed by atoms with Crippen LogP contribution >= 0.6 is 0 Å². The predicted octanol–water partition coefficient (Wildman–Crippen LogP) is 1.16. The first kappa shape index (κ1) is 13.6. The molecular formula is C13H14N4O3. The molecule has 0 unspecified atom stereocenters. The Morgan fingerprint density at radius 1 is 1.30 bits per heavy atom. The van der Waals surface area contributed by atoms with Crippen LogP contribution < -0.4 is 15.2 Å². The molecule has 0 saturated carbocycles. The van der Waals surface area contributed by atoms with Gasteiger partial charge in [0.05, 0.1) is 18.9 Å². The van der Waals surface area contributed by atoms with Gasteiger partial charge in [-0.1, -0.05) is 17.3 Å². The SMILES string of the molecule is COc1ccc(COc2nnccc2/C(N)=N/O)cc1. The summed E-state index contributed by atoms with van der Waals surface area (Å²) in [4.78, 5) is 0. The van der Waals surface area contributed by atoms with E-state index in [1.54, 1.807) is 13.2 Å². The number of ether oxygens (including phenoxy) is 2. The van der Waals surface area contributed by atoms with E-state index in [4.69, 9.17) is 20.4 Å². The highest BCUT2D eigenvalue weighted by Crippen LogP contribution is 2.16. The standard InChI is InChI=1S/C13H14N4O3/c1-19-10-4-2-9(3-5-10)8-20-13-11(12(14)17-18)6-7-15-16-13/h2-7,18H,8H2,1H3,(H2,14,17). The van der Waals surface area contributed by atoms with Crippen LogP contribution in [0.3, 0.4) is 0 Å². The van der Waals surface area contributed by atoms with Crippen molar-refractivity contribution in [2.75, 3.05) is 7.11 Å². The molecule has 0 amide bonds. The normalized spacial score (nSPS) is 11.2. The Hall–Kier alpha value is -2.83. The smallest absolute Gasteiger partial charge is 0.244 e. The number of benzene rings is 1. The van der Waals surface area contributed by atoms with Crippen molar-refractivity contribution < 1.29 is 14.7 Å². The molecule has 2 aromatic rings. The molecule has 20 heavy (non-hydrogen) atoms. The van der Waals surface area contributed by atoms with Gasteiger partial charge in [0, 0.05) is 0 Å². The third-order valence-electron chi connectivity index (χ3n) is 2.61. The average molecular weight is 274 g/mol. The van der Waals surface area contributed by atoms with Gasteiger partial charge in [0.1, 0.15) is 12.4 Å². The zero-order valence-corrected chi connectivity index (χ0v) is 10.9. The molecule has 0 fully saturated rings. The molecule has 3 N–H and O–H groups in total. The third-order valence-corrected chi connectivity index (χ3v) is 2.61. The summed E-state index contributed by atoms with van der Waals surface area (Å²) in [6.45, 7) is 0.286. The maximum Gasteiger partial charge on any atom is 0.244 e. The van der Waals surface area contributed by atoms with Crippen molar-refractivity contribution in [2.45, 2.75) is 6.61 Å². The fourth-order valence-electron chi connectivity index (χ4n) is 1.55. The zero-order chi connectivity index (χ0) is 14.4. The summed E-state index contributed by atoms with van der Waals surface area (Å²) in [7, 11) is 1.61. The number of oxime groups is 1. The maximum absolute atomic E-state index is 8.70. The van der Waals surface area contributed by atoms with Crippen LogP contribution in [0.5, 0.6) is 11.6 Å². The second-order valence-corrected chi connectivity index (χ2v) is 3.87. The predicted molar refractivity (Wildman–Crippen MR) is 71.9 cm³/mol. The molecular weight excluding hydrogens is 260 g/mol. The molecule has 1 heterocycles. The second-order valence-electron chi connectivity index (χ2n) is 3.87. The number of methoxy groups -OCH3 is 1. The van der Waals surface area contributed by atoms with E-state index in [1.165, 1.54) is 6.20 Å². The summed E-state index contributed by atoms with van der Waals surface area (Å²) in [6.07, 6.45) is 1.44. The molecule has 7 nitrogen and oxygen atoms in total. The Morgan fingerprint density at radius 2 is 2.05 bits per heavy atom. The van der Waals surface area contributed by atoms with Crippen molar-refractivity contribution in [1.82, 2.24) is 10.2 Å². The van der Waals surface area contributed by atoms with Crippen molar-refractivity contribution >= 4 is 5.84 Å². The zero-order valence-electron chi connectivity index (χ0n) is 10.9. The Bertz CT molecular complexity index is 599. The van der Waals surface area contributed by atoms with Crippen LogP contribution in [-0.4, -0.2) is 28.4 Å². The van der Waals surface area contributed by atoms with E-state index >= 15 is 0 Å². The van der Waals surface area contributed by atoms with Gasteiger partial charge in [0.2, 0.25) is 5.88 Å². The van der Waals surface area contributed by atoms with Gasteiger partial charge in [-0.2, -0.15) is 5.10 Å². The molecule has 0 saturated heterocycles. The summed E-state index contributed by atoms with van der Waals surface area (Å²) in [5.74, 6) is 0.897. The van der Waals surface area contributed by atoms with Crippen molar-refractivity contribution in [3.63, 3.8) is 0 Å². The molecule has 104 valence electrons. The largest absolute Gasteiger partial charge is 0.497 e. The Kier molecular flexibility index (Phi) is 4.33. The van der Waals surface area contributed by atoms with Gasteiger partial charge in [-0.3, -0.25) is 0 Å². The van der Waals surface area contributed by atoms with Crippen LogP contribution in [0.2, 0.25) is 0 Å². The number of rotatable bonds is 5. The van der Waals surface area contributed by atoms with Gasteiger partial charge >= 0.3 is 0 Å². The van der Waals surface area contributed by atoms with Crippen molar-refractivity contribution in [3.05, 3.63) is 47.7 Å². The fraction of sp³-hybridized carbons (Fsp3) is 0.154. The first-order chi connectivity index (χ1) is 9.74. The van der Waals surface area contributed by atoms with Crippen LogP contribution in [0.25, 0.3) is 0 Å². The number of amidine groups is 1. The first-order valence-corrected chi connectivity index (χ1v) is 5.80. The average Bonchev–Trinajstić information content (AvgIpc) is 2.53. The number of aromatic nitrogens is 2. The van der Waals surface area contributed by atoms with E-state index in [0.717, 1.165) is 11.3 Å². The van der Waals surface area contributed by atoms with Crippen molar-refractivity contribution in [1.29, 1.82) is 0 Å². The van der Waals surface area contributed by atoms with Gasteiger partial charge in [-0.05, 0) is 23.8 Å². The lowest BCUT2D eigenvalue weighted by Crippen LogP contribution is -2.16. The molecule has 2 rings (SSSR count). The maximum atomic E-state index is 8.70. The second kappa shape index (κ2) is 6.37. The topological polar surface area (TPSA) is 103 Å². The fourth-order valence-corrected chi connectivity index (χ4v) is 1.55. The number of hydrogen-bond donors (Lipinski definition) is 2. The Balaban J connectivity index is 2.10. The highest BCUT2D eigenvalue weighted by atomic mass is 16.5. The third kappa shape index (κ3) is 3.14. The molecule has 0 atom stereocenters. The molecule has 0 radical (unpaired) electrons. The van der Waals surface area contributed by atoms with Gasteiger partial charge in [-0.25, -0.2) is 0 Å². The number of hydrogen-bond acceptors (Lipinski definition) is 6. The van der Waals surface area contributed by atoms with Crippen LogP contribution in [0.1, 0.15) is 11.1 Å². The molecule has 7 heteroatoms. The minimum atomic E-state index is -0.0790. The first-order valence-electron chi connectivity index (χ1n) is 5.80. The van der Waals surface area contributed by atoms with Gasteiger partial charge in [-0.15, -0.1) is 5.10 Å². The molecule has 0 bridgehead atoms. The molecule has 1 aromatic heterocycles. The van der Waals surface area contributed by atoms with Crippen LogP contribution in [-0.2, 0) is 6.61 Å². The minimum Gasteiger partial charge on any atom is -0.497 e. The molecule has 0 aliphatic heterocycles. The summed E-state index contributed by atoms with van der Waals surface area (Å²) in [5, 5.41) is 19.2. The van der Waals surface area contributed by atoms with E-state index in [-0.39, 0.29) is 18.3 Å².